The van der Waals surface area contributed by atoms with Gasteiger partial charge in [-0.15, -0.1) is 0 Å². The number of imidazole rings is 1. The first-order valence-electron chi connectivity index (χ1n) is 13.2. The lowest BCUT2D eigenvalue weighted by Crippen LogP contribution is -2.34. The highest BCUT2D eigenvalue weighted by molar-refractivity contribution is 6.76. The van der Waals surface area contributed by atoms with E-state index >= 15 is 0 Å². The summed E-state index contributed by atoms with van der Waals surface area (Å²) in [5, 5.41) is 0. The lowest BCUT2D eigenvalue weighted by molar-refractivity contribution is 0.0871. The summed E-state index contributed by atoms with van der Waals surface area (Å²) in [5.41, 5.74) is 5.85. The first-order valence-corrected chi connectivity index (χ1v) is 16.9. The van der Waals surface area contributed by atoms with Gasteiger partial charge in [0.15, 0.2) is 0 Å². The van der Waals surface area contributed by atoms with Crippen molar-refractivity contribution in [1.82, 2.24) is 9.55 Å². The van der Waals surface area contributed by atoms with Crippen LogP contribution in [0.3, 0.4) is 0 Å². The monoisotopic (exact) mass is 520 g/mol. The van der Waals surface area contributed by atoms with E-state index in [1.165, 1.54) is 0 Å². The van der Waals surface area contributed by atoms with Crippen molar-refractivity contribution in [3.05, 3.63) is 77.4 Å². The highest BCUT2D eigenvalue weighted by atomic mass is 28.3. The summed E-state index contributed by atoms with van der Waals surface area (Å²) in [6, 6.07) is 15.4. The maximum Gasteiger partial charge on any atom is 0.258 e. The van der Waals surface area contributed by atoms with Crippen molar-refractivity contribution in [3.63, 3.8) is 0 Å². The van der Waals surface area contributed by atoms with E-state index in [0.29, 0.717) is 25.7 Å². The number of rotatable bonds is 12. The van der Waals surface area contributed by atoms with Crippen molar-refractivity contribution in [1.29, 1.82) is 0 Å². The van der Waals surface area contributed by atoms with Crippen LogP contribution in [0.15, 0.2) is 55.0 Å². The molecular weight excluding hydrogens is 476 g/mol. The van der Waals surface area contributed by atoms with E-state index in [9.17, 15) is 4.79 Å². The predicted octanol–water partition coefficient (Wildman–Crippen LogP) is 6.75. The Morgan fingerprint density at radius 1 is 1.08 bits per heavy atom. The fourth-order valence-electron chi connectivity index (χ4n) is 4.21. The largest absolute Gasteiger partial charge is 0.369 e. The zero-order valence-electron chi connectivity index (χ0n) is 23.9. The zero-order chi connectivity index (χ0) is 27.2. The first kappa shape index (κ1) is 28.7. The third-order valence-corrected chi connectivity index (χ3v) is 8.01. The van der Waals surface area contributed by atoms with Crippen molar-refractivity contribution in [2.45, 2.75) is 66.7 Å². The molecule has 1 aromatic heterocycles. The van der Waals surface area contributed by atoms with Crippen LogP contribution >= 0.6 is 0 Å². The topological polar surface area (TPSA) is 50.6 Å². The molecule has 7 heteroatoms. The van der Waals surface area contributed by atoms with E-state index in [2.05, 4.69) is 75.5 Å². The number of benzene rings is 2. The summed E-state index contributed by atoms with van der Waals surface area (Å²) in [7, 11) is 0.972. The van der Waals surface area contributed by atoms with E-state index in [0.717, 1.165) is 46.4 Å². The first-order chi connectivity index (χ1) is 17.4. The second-order valence-electron chi connectivity index (χ2n) is 11.7. The molecule has 6 nitrogen and oxygen atoms in total. The third-order valence-electron chi connectivity index (χ3n) is 6.31. The van der Waals surface area contributed by atoms with Gasteiger partial charge in [0.05, 0.1) is 18.6 Å². The van der Waals surface area contributed by atoms with E-state index in [1.54, 1.807) is 0 Å². The Morgan fingerprint density at radius 3 is 2.49 bits per heavy atom. The van der Waals surface area contributed by atoms with Gasteiger partial charge in [-0.25, -0.2) is 4.98 Å². The Kier molecular flexibility index (Phi) is 9.73. The van der Waals surface area contributed by atoms with E-state index in [1.807, 2.05) is 53.2 Å². The molecule has 3 rings (SSSR count). The molecule has 1 amide bonds. The van der Waals surface area contributed by atoms with Crippen molar-refractivity contribution >= 4 is 25.4 Å². The molecule has 0 saturated heterocycles. The quantitative estimate of drug-likeness (QED) is 0.196. The number of hydrogen-bond acceptors (Lipinski definition) is 4. The average Bonchev–Trinajstić information content (AvgIpc) is 3.26. The Bertz CT molecular complexity index is 1180. The Hall–Kier alpha value is -2.90. The maximum atomic E-state index is 13.6. The van der Waals surface area contributed by atoms with Gasteiger partial charge in [-0.3, -0.25) is 4.79 Å². The molecule has 1 heterocycles. The number of aryl methyl sites for hydroxylation is 2. The smallest absolute Gasteiger partial charge is 0.258 e. The molecule has 0 aliphatic rings. The van der Waals surface area contributed by atoms with Crippen LogP contribution in [-0.4, -0.2) is 43.7 Å². The number of carbonyl (C=O) groups excluding carboxylic acids is 1. The molecule has 0 unspecified atom stereocenters. The van der Waals surface area contributed by atoms with Crippen molar-refractivity contribution in [3.8, 4) is 0 Å². The van der Waals surface area contributed by atoms with Crippen molar-refractivity contribution < 1.29 is 9.53 Å². The number of anilines is 2. The number of amides is 1. The van der Waals surface area contributed by atoms with Crippen LogP contribution in [-0.2, 0) is 18.0 Å². The summed E-state index contributed by atoms with van der Waals surface area (Å²) in [6.07, 6.45) is 3.88. The molecule has 3 aromatic rings. The fraction of sp³-hybridized carbons (Fsp3) is 0.467. The highest BCUT2D eigenvalue weighted by Gasteiger charge is 2.21. The van der Waals surface area contributed by atoms with Crippen molar-refractivity contribution in [2.75, 3.05) is 30.0 Å². The minimum atomic E-state index is -1.08. The number of nitrogens with zero attached hydrogens (tertiary/aromatic N) is 4. The summed E-state index contributed by atoms with van der Waals surface area (Å²) in [5.74, 6) is 0.381. The number of carbonyl (C=O) groups is 1. The molecule has 37 heavy (non-hydrogen) atoms. The number of ether oxygens (including phenoxy) is 1. The van der Waals surface area contributed by atoms with Gasteiger partial charge >= 0.3 is 0 Å². The molecule has 0 atom stereocenters. The molecule has 0 saturated carbocycles. The molecule has 0 bridgehead atoms. The molecular formula is C30H44N4O2Si. The molecule has 0 radical (unpaired) electrons. The molecule has 0 aliphatic heterocycles. The average molecular weight is 521 g/mol. The van der Waals surface area contributed by atoms with Crippen LogP contribution in [0.2, 0.25) is 25.7 Å². The minimum absolute atomic E-state index is 0.0406. The molecule has 0 N–H and O–H groups in total. The van der Waals surface area contributed by atoms with Crippen LogP contribution in [0.4, 0.5) is 11.4 Å². The fourth-order valence-corrected chi connectivity index (χ4v) is 4.97. The zero-order valence-corrected chi connectivity index (χ0v) is 24.9. The summed E-state index contributed by atoms with van der Waals surface area (Å²) >= 11 is 0. The Labute approximate surface area is 224 Å². The standard InChI is InChI=1S/C30H44N4O2Si/c1-23(2)18-34(30(35)29-13-12-24(3)16-25(29)4)28-11-9-10-27(17-28)32(5)19-26-20-33(21-31-26)22-36-14-15-37(6,7)8/h9-13,16-17,20-21,23H,14-15,18-19,22H2,1-8H3. The normalized spacial score (nSPS) is 11.7. The van der Waals surface area contributed by atoms with Gasteiger partial charge in [0.2, 0.25) is 0 Å². The molecule has 0 fully saturated rings. The number of hydrogen-bond donors (Lipinski definition) is 0. The van der Waals surface area contributed by atoms with Gasteiger partial charge in [-0.1, -0.05) is 57.3 Å². The Balaban J connectivity index is 1.71. The van der Waals surface area contributed by atoms with Gasteiger partial charge in [-0.2, -0.15) is 0 Å². The van der Waals surface area contributed by atoms with Crippen LogP contribution in [0.5, 0.6) is 0 Å². The van der Waals surface area contributed by atoms with Crippen molar-refractivity contribution in [2.24, 2.45) is 5.92 Å². The van der Waals surface area contributed by atoms with Crippen LogP contribution < -0.4 is 9.80 Å². The lowest BCUT2D eigenvalue weighted by Gasteiger charge is -2.27. The minimum Gasteiger partial charge on any atom is -0.369 e. The van der Waals surface area contributed by atoms with Crippen LogP contribution in [0, 0.1) is 19.8 Å². The number of aromatic nitrogens is 2. The van der Waals surface area contributed by atoms with Crippen LogP contribution in [0.25, 0.3) is 0 Å². The molecule has 0 aliphatic carbocycles. The SMILES string of the molecule is Cc1ccc(C(=O)N(CC(C)C)c2cccc(N(C)Cc3cn(COCC[Si](C)(C)C)cn3)c2)c(C)c1. The lowest BCUT2D eigenvalue weighted by atomic mass is 10.0. The van der Waals surface area contributed by atoms with E-state index in [-0.39, 0.29) is 5.91 Å². The molecule has 0 spiro atoms. The third kappa shape index (κ3) is 8.57. The summed E-state index contributed by atoms with van der Waals surface area (Å²) in [4.78, 5) is 22.3. The van der Waals surface area contributed by atoms with Gasteiger partial charge in [0.25, 0.3) is 5.91 Å². The Morgan fingerprint density at radius 2 is 1.81 bits per heavy atom. The highest BCUT2D eigenvalue weighted by Crippen LogP contribution is 2.26. The summed E-state index contributed by atoms with van der Waals surface area (Å²) < 4.78 is 7.85. The van der Waals surface area contributed by atoms with Gasteiger partial charge in [0, 0.05) is 51.4 Å². The molecule has 2 aromatic carbocycles. The maximum absolute atomic E-state index is 13.6. The molecule has 200 valence electrons. The second kappa shape index (κ2) is 12.6. The van der Waals surface area contributed by atoms with E-state index < -0.39 is 8.07 Å². The van der Waals surface area contributed by atoms with Crippen LogP contribution in [0.1, 0.15) is 41.0 Å². The van der Waals surface area contributed by atoms with Gasteiger partial charge in [0.1, 0.15) is 6.73 Å². The van der Waals surface area contributed by atoms with E-state index in [4.69, 9.17) is 4.74 Å². The second-order valence-corrected chi connectivity index (χ2v) is 17.4. The summed E-state index contributed by atoms with van der Waals surface area (Å²) in [6.45, 7) is 18.1. The predicted molar refractivity (Wildman–Crippen MR) is 157 cm³/mol. The van der Waals surface area contributed by atoms with Gasteiger partial charge in [-0.05, 0) is 55.6 Å². The van der Waals surface area contributed by atoms with Gasteiger partial charge < -0.3 is 19.1 Å².